The molecule has 0 aliphatic rings. The van der Waals surface area contributed by atoms with Crippen molar-refractivity contribution in [3.8, 4) is 6.07 Å². The number of nitrogens with one attached hydrogen (secondary N) is 3. The molecule has 0 unspecified atom stereocenters. The maximum Gasteiger partial charge on any atom is 0.255 e. The molecule has 2 aromatic heterocycles. The maximum absolute atomic E-state index is 13.0. The molecule has 8 nitrogen and oxygen atoms in total. The topological polar surface area (TPSA) is 116 Å². The van der Waals surface area contributed by atoms with Crippen LogP contribution in [0.25, 0.3) is 10.9 Å². The predicted molar refractivity (Wildman–Crippen MR) is 136 cm³/mol. The zero-order valence-electron chi connectivity index (χ0n) is 18.4. The molecule has 0 aliphatic heterocycles. The van der Waals surface area contributed by atoms with E-state index in [2.05, 4.69) is 37.2 Å². The molecule has 2 heterocycles. The SMILES string of the molecule is N#Cc1ccc2nccc(Nc3cccc(C(=O)Nc4cccc(Nc5ccnnc5)c4)c3)c2c1. The zero-order chi connectivity index (χ0) is 24.0. The fourth-order valence-corrected chi connectivity index (χ4v) is 3.63. The number of carbonyl (C=O) groups is 1. The zero-order valence-corrected chi connectivity index (χ0v) is 18.4. The average Bonchev–Trinajstić information content (AvgIpc) is 2.89. The van der Waals surface area contributed by atoms with Gasteiger partial charge in [0.2, 0.25) is 0 Å². The predicted octanol–water partition coefficient (Wildman–Crippen LogP) is 5.64. The number of amides is 1. The Hall–Kier alpha value is -5.29. The lowest BCUT2D eigenvalue weighted by molar-refractivity contribution is 0.102. The molecule has 0 aliphatic carbocycles. The molecule has 168 valence electrons. The van der Waals surface area contributed by atoms with Gasteiger partial charge in [-0.3, -0.25) is 9.78 Å². The monoisotopic (exact) mass is 457 g/mol. The van der Waals surface area contributed by atoms with E-state index in [-0.39, 0.29) is 5.91 Å². The lowest BCUT2D eigenvalue weighted by Gasteiger charge is -2.12. The first-order chi connectivity index (χ1) is 17.2. The van der Waals surface area contributed by atoms with Gasteiger partial charge in [-0.25, -0.2) is 0 Å². The van der Waals surface area contributed by atoms with Crippen LogP contribution in [0.4, 0.5) is 28.4 Å². The van der Waals surface area contributed by atoms with E-state index in [4.69, 9.17) is 0 Å². The normalized spacial score (nSPS) is 10.4. The molecular formula is C27H19N7O. The van der Waals surface area contributed by atoms with Gasteiger partial charge in [0, 0.05) is 39.9 Å². The van der Waals surface area contributed by atoms with Crippen LogP contribution in [0.1, 0.15) is 15.9 Å². The second-order valence-corrected chi connectivity index (χ2v) is 7.70. The molecule has 0 atom stereocenters. The summed E-state index contributed by atoms with van der Waals surface area (Å²) in [6.07, 6.45) is 4.93. The Morgan fingerprint density at radius 3 is 2.43 bits per heavy atom. The van der Waals surface area contributed by atoms with E-state index >= 15 is 0 Å². The van der Waals surface area contributed by atoms with Crippen LogP contribution in [0.15, 0.2) is 97.5 Å². The van der Waals surface area contributed by atoms with Crippen LogP contribution in [0, 0.1) is 11.3 Å². The minimum absolute atomic E-state index is 0.234. The van der Waals surface area contributed by atoms with Crippen molar-refractivity contribution in [3.05, 3.63) is 109 Å². The molecule has 0 spiro atoms. The minimum Gasteiger partial charge on any atom is -0.355 e. The highest BCUT2D eigenvalue weighted by Gasteiger charge is 2.09. The summed E-state index contributed by atoms with van der Waals surface area (Å²) in [7, 11) is 0. The molecule has 1 amide bonds. The van der Waals surface area contributed by atoms with Crippen LogP contribution in [0.3, 0.4) is 0 Å². The van der Waals surface area contributed by atoms with E-state index in [1.807, 2.05) is 54.6 Å². The van der Waals surface area contributed by atoms with Crippen molar-refractivity contribution in [1.82, 2.24) is 15.2 Å². The van der Waals surface area contributed by atoms with E-state index in [1.165, 1.54) is 0 Å². The Labute approximate surface area is 201 Å². The first-order valence-corrected chi connectivity index (χ1v) is 10.8. The van der Waals surface area contributed by atoms with Gasteiger partial charge in [-0.2, -0.15) is 15.5 Å². The molecule has 8 heteroatoms. The number of benzene rings is 3. The summed E-state index contributed by atoms with van der Waals surface area (Å²) in [5.74, 6) is -0.234. The lowest BCUT2D eigenvalue weighted by Crippen LogP contribution is -2.12. The third-order valence-electron chi connectivity index (χ3n) is 5.27. The van der Waals surface area contributed by atoms with Crippen molar-refractivity contribution in [2.24, 2.45) is 0 Å². The summed E-state index contributed by atoms with van der Waals surface area (Å²) in [6, 6.07) is 25.8. The third kappa shape index (κ3) is 5.05. The van der Waals surface area contributed by atoms with Crippen LogP contribution < -0.4 is 16.0 Å². The summed E-state index contributed by atoms with van der Waals surface area (Å²) in [5, 5.41) is 27.2. The van der Waals surface area contributed by atoms with Gasteiger partial charge in [0.1, 0.15) is 0 Å². The number of anilines is 5. The molecular weight excluding hydrogens is 438 g/mol. The number of nitriles is 1. The van der Waals surface area contributed by atoms with E-state index in [0.717, 1.165) is 33.7 Å². The van der Waals surface area contributed by atoms with Crippen LogP contribution in [0.2, 0.25) is 0 Å². The molecule has 0 radical (unpaired) electrons. The van der Waals surface area contributed by atoms with E-state index in [1.54, 1.807) is 42.9 Å². The largest absolute Gasteiger partial charge is 0.355 e. The first-order valence-electron chi connectivity index (χ1n) is 10.8. The first kappa shape index (κ1) is 21.6. The number of hydrogen-bond acceptors (Lipinski definition) is 7. The van der Waals surface area contributed by atoms with Gasteiger partial charge in [0.15, 0.2) is 0 Å². The Morgan fingerprint density at radius 2 is 1.60 bits per heavy atom. The fourth-order valence-electron chi connectivity index (χ4n) is 3.63. The van der Waals surface area contributed by atoms with Gasteiger partial charge in [-0.05, 0) is 66.7 Å². The Bertz CT molecular complexity index is 1560. The van der Waals surface area contributed by atoms with Gasteiger partial charge in [-0.1, -0.05) is 12.1 Å². The maximum atomic E-state index is 13.0. The van der Waals surface area contributed by atoms with Crippen LogP contribution >= 0.6 is 0 Å². The number of aromatic nitrogens is 3. The smallest absolute Gasteiger partial charge is 0.255 e. The molecule has 3 aromatic carbocycles. The van der Waals surface area contributed by atoms with Crippen LogP contribution in [-0.2, 0) is 0 Å². The highest BCUT2D eigenvalue weighted by atomic mass is 16.1. The summed E-state index contributed by atoms with van der Waals surface area (Å²) in [5.41, 5.74) is 5.65. The van der Waals surface area contributed by atoms with E-state index in [0.29, 0.717) is 16.8 Å². The second-order valence-electron chi connectivity index (χ2n) is 7.70. The standard InChI is InChI=1S/C27H19N7O/c28-16-18-7-8-25-24(13-18)26(10-11-29-25)33-20-4-1-3-19(14-20)27(35)34-22-6-2-5-21(15-22)32-23-9-12-30-31-17-23/h1-15,17H,(H,29,33)(H,30,32)(H,34,35). The van der Waals surface area contributed by atoms with Gasteiger partial charge in [-0.15, -0.1) is 0 Å². The highest BCUT2D eigenvalue weighted by molar-refractivity contribution is 6.05. The average molecular weight is 457 g/mol. The van der Waals surface area contributed by atoms with Crippen molar-refractivity contribution in [2.75, 3.05) is 16.0 Å². The molecule has 3 N–H and O–H groups in total. The Kier molecular flexibility index (Phi) is 5.96. The highest BCUT2D eigenvalue weighted by Crippen LogP contribution is 2.27. The number of hydrogen-bond donors (Lipinski definition) is 3. The molecule has 5 aromatic rings. The fraction of sp³-hybridized carbons (Fsp3) is 0. The summed E-state index contributed by atoms with van der Waals surface area (Å²) >= 11 is 0. The number of nitrogens with zero attached hydrogens (tertiary/aromatic N) is 4. The summed E-state index contributed by atoms with van der Waals surface area (Å²) in [6.45, 7) is 0. The molecule has 0 saturated carbocycles. The number of fused-ring (bicyclic) bond motifs is 1. The van der Waals surface area contributed by atoms with Crippen LogP contribution in [-0.4, -0.2) is 21.1 Å². The third-order valence-corrected chi connectivity index (χ3v) is 5.27. The van der Waals surface area contributed by atoms with Crippen molar-refractivity contribution in [2.45, 2.75) is 0 Å². The molecule has 0 bridgehead atoms. The van der Waals surface area contributed by atoms with Crippen molar-refractivity contribution < 1.29 is 4.79 Å². The summed E-state index contributed by atoms with van der Waals surface area (Å²) in [4.78, 5) is 17.3. The Morgan fingerprint density at radius 1 is 0.771 bits per heavy atom. The van der Waals surface area contributed by atoms with Gasteiger partial charge in [0.05, 0.1) is 35.2 Å². The van der Waals surface area contributed by atoms with Crippen molar-refractivity contribution >= 4 is 45.2 Å². The van der Waals surface area contributed by atoms with Crippen molar-refractivity contribution in [3.63, 3.8) is 0 Å². The van der Waals surface area contributed by atoms with E-state index < -0.39 is 0 Å². The van der Waals surface area contributed by atoms with Crippen molar-refractivity contribution in [1.29, 1.82) is 5.26 Å². The number of rotatable bonds is 6. The number of carbonyl (C=O) groups excluding carboxylic acids is 1. The molecule has 35 heavy (non-hydrogen) atoms. The molecule has 0 fully saturated rings. The Balaban J connectivity index is 1.33. The quantitative estimate of drug-likeness (QED) is 0.302. The molecule has 0 saturated heterocycles. The van der Waals surface area contributed by atoms with Gasteiger partial charge >= 0.3 is 0 Å². The van der Waals surface area contributed by atoms with E-state index in [9.17, 15) is 10.1 Å². The van der Waals surface area contributed by atoms with Crippen LogP contribution in [0.5, 0.6) is 0 Å². The summed E-state index contributed by atoms with van der Waals surface area (Å²) < 4.78 is 0. The molecule has 5 rings (SSSR count). The second kappa shape index (κ2) is 9.68. The van der Waals surface area contributed by atoms with Gasteiger partial charge in [0.25, 0.3) is 5.91 Å². The lowest BCUT2D eigenvalue weighted by atomic mass is 10.1. The minimum atomic E-state index is -0.234. The number of pyridine rings is 1. The van der Waals surface area contributed by atoms with Gasteiger partial charge < -0.3 is 16.0 Å².